The van der Waals surface area contributed by atoms with Gasteiger partial charge in [0.05, 0.1) is 0 Å². The van der Waals surface area contributed by atoms with Gasteiger partial charge in [-0.2, -0.15) is 0 Å². The predicted molar refractivity (Wildman–Crippen MR) is 73.1 cm³/mol. The van der Waals surface area contributed by atoms with Crippen LogP contribution < -0.4 is 0 Å². The van der Waals surface area contributed by atoms with Crippen molar-refractivity contribution in [3.05, 3.63) is 0 Å². The van der Waals surface area contributed by atoms with Gasteiger partial charge in [0.1, 0.15) is 0 Å². The number of rotatable bonds is 7. The van der Waals surface area contributed by atoms with Crippen LogP contribution in [0.15, 0.2) is 0 Å². The van der Waals surface area contributed by atoms with Crippen molar-refractivity contribution in [1.82, 2.24) is 0 Å². The molecule has 0 aliphatic carbocycles. The third kappa shape index (κ3) is 8.62. The van der Waals surface area contributed by atoms with Gasteiger partial charge in [-0.15, -0.1) is 0 Å². The van der Waals surface area contributed by atoms with E-state index in [2.05, 4.69) is 6.92 Å². The van der Waals surface area contributed by atoms with Crippen LogP contribution >= 0.6 is 0 Å². The number of hydrogen-bond acceptors (Lipinski definition) is 4. The Morgan fingerprint density at radius 1 is 0.875 bits per heavy atom. The van der Waals surface area contributed by atoms with Gasteiger partial charge in [-0.25, -0.2) is 0 Å². The van der Waals surface area contributed by atoms with E-state index < -0.39 is 25.7 Å². The van der Waals surface area contributed by atoms with E-state index in [0.29, 0.717) is 0 Å². The van der Waals surface area contributed by atoms with E-state index in [1.54, 1.807) is 13.1 Å². The summed E-state index contributed by atoms with van der Waals surface area (Å²) < 4.78 is 17.5. The maximum Gasteiger partial charge on any atom is 0.322 e. The number of hydrogen-bond donors (Lipinski definition) is 1. The highest BCUT2D eigenvalue weighted by Crippen LogP contribution is 2.19. The molecule has 0 aliphatic rings. The van der Waals surface area contributed by atoms with E-state index in [9.17, 15) is 4.80 Å². The second-order valence-electron chi connectivity index (χ2n) is 5.30. The third-order valence-electron chi connectivity index (χ3n) is 1.64. The smallest absolute Gasteiger partial charge is 0.322 e. The zero-order valence-electron chi connectivity index (χ0n) is 11.6. The van der Waals surface area contributed by atoms with E-state index in [1.165, 1.54) is 0 Å². The summed E-state index contributed by atoms with van der Waals surface area (Å²) in [6.45, 7) is 14.3. The molecule has 0 atom stereocenters. The van der Waals surface area contributed by atoms with Crippen molar-refractivity contribution in [3.63, 3.8) is 0 Å². The predicted octanol–water partition coefficient (Wildman–Crippen LogP) is 2.54. The molecule has 7 heteroatoms. The molecule has 0 spiro atoms. The van der Waals surface area contributed by atoms with Gasteiger partial charge in [0.15, 0.2) is 0 Å². The van der Waals surface area contributed by atoms with Crippen molar-refractivity contribution in [1.29, 1.82) is 0 Å². The topological polar surface area (TPSA) is 47.9 Å². The molecule has 1 N–H and O–H groups in total. The van der Waals surface area contributed by atoms with Gasteiger partial charge in [0.25, 0.3) is 0 Å². The quantitative estimate of drug-likeness (QED) is 0.729. The zero-order valence-corrected chi connectivity index (χ0v) is 14.6. The first kappa shape index (κ1) is 16.5. The van der Waals surface area contributed by atoms with Crippen molar-refractivity contribution >= 4 is 25.7 Å². The highest BCUT2D eigenvalue weighted by Gasteiger charge is 2.40. The average molecular weight is 283 g/mol. The molecule has 98 valence electrons. The molecule has 0 fully saturated rings. The highest BCUT2D eigenvalue weighted by atomic mass is 28.5. The molecule has 0 aromatic rings. The van der Waals surface area contributed by atoms with E-state index in [1.807, 2.05) is 26.2 Å². The van der Waals surface area contributed by atoms with Crippen LogP contribution in [0.5, 0.6) is 0 Å². The third-order valence-corrected chi connectivity index (χ3v) is 10.4. The molecule has 0 unspecified atom stereocenters. The molecule has 0 bridgehead atoms. The standard InChI is InChI=1S/C9H26O4Si3/c1-8-9-11-15(4,5)13-16(6,7)12-14(2,3)10/h10H,8-9H2,1-7H3. The van der Waals surface area contributed by atoms with Crippen molar-refractivity contribution in [3.8, 4) is 0 Å². The summed E-state index contributed by atoms with van der Waals surface area (Å²) in [7, 11) is -6.91. The fourth-order valence-electron chi connectivity index (χ4n) is 1.59. The fourth-order valence-corrected chi connectivity index (χ4v) is 12.6. The Morgan fingerprint density at radius 3 is 1.75 bits per heavy atom. The second kappa shape index (κ2) is 5.89. The summed E-state index contributed by atoms with van der Waals surface area (Å²) in [5.74, 6) is 0. The molecule has 0 aromatic carbocycles. The molecule has 0 aliphatic heterocycles. The first-order chi connectivity index (χ1) is 6.97. The van der Waals surface area contributed by atoms with Gasteiger partial charge >= 0.3 is 25.7 Å². The van der Waals surface area contributed by atoms with Crippen molar-refractivity contribution in [2.24, 2.45) is 0 Å². The normalized spacial score (nSPS) is 14.2. The molecule has 16 heavy (non-hydrogen) atoms. The van der Waals surface area contributed by atoms with Crippen LogP contribution in [0.1, 0.15) is 13.3 Å². The minimum Gasteiger partial charge on any atom is -0.416 e. The van der Waals surface area contributed by atoms with Crippen LogP contribution in [0.2, 0.25) is 39.3 Å². The lowest BCUT2D eigenvalue weighted by molar-refractivity contribution is 0.224. The molecule has 0 radical (unpaired) electrons. The van der Waals surface area contributed by atoms with Crippen LogP contribution in [0.3, 0.4) is 0 Å². The van der Waals surface area contributed by atoms with Crippen LogP contribution in [-0.4, -0.2) is 37.1 Å². The van der Waals surface area contributed by atoms with Gasteiger partial charge in [-0.3, -0.25) is 0 Å². The van der Waals surface area contributed by atoms with E-state index in [-0.39, 0.29) is 0 Å². The lowest BCUT2D eigenvalue weighted by Gasteiger charge is -2.35. The lowest BCUT2D eigenvalue weighted by atomic mass is 10.5. The van der Waals surface area contributed by atoms with Crippen molar-refractivity contribution in [2.75, 3.05) is 6.61 Å². The van der Waals surface area contributed by atoms with Gasteiger partial charge in [0, 0.05) is 6.61 Å². The Morgan fingerprint density at radius 2 is 1.38 bits per heavy atom. The molecule has 4 nitrogen and oxygen atoms in total. The minimum absolute atomic E-state index is 0.726. The SMILES string of the molecule is CCCO[Si](C)(C)O[Si](C)(C)O[Si](C)(C)O. The summed E-state index contributed by atoms with van der Waals surface area (Å²) in [5.41, 5.74) is 0. The van der Waals surface area contributed by atoms with Crippen molar-refractivity contribution in [2.45, 2.75) is 52.6 Å². The first-order valence-electron chi connectivity index (χ1n) is 5.74. The molecule has 0 aromatic heterocycles. The van der Waals surface area contributed by atoms with Crippen LogP contribution in [0, 0.1) is 0 Å². The Balaban J connectivity index is 4.33. The summed E-state index contributed by atoms with van der Waals surface area (Å²) >= 11 is 0. The van der Waals surface area contributed by atoms with E-state index in [0.717, 1.165) is 13.0 Å². The van der Waals surface area contributed by atoms with E-state index >= 15 is 0 Å². The summed E-state index contributed by atoms with van der Waals surface area (Å²) in [6, 6.07) is 0. The van der Waals surface area contributed by atoms with Crippen LogP contribution in [-0.2, 0) is 12.7 Å². The Bertz CT molecular complexity index is 213. The maximum absolute atomic E-state index is 9.77. The monoisotopic (exact) mass is 282 g/mol. The molecular weight excluding hydrogens is 256 g/mol. The zero-order chi connectivity index (χ0) is 13.0. The Kier molecular flexibility index (Phi) is 6.08. The molecule has 0 rings (SSSR count). The van der Waals surface area contributed by atoms with Crippen molar-refractivity contribution < 1.29 is 17.5 Å². The largest absolute Gasteiger partial charge is 0.416 e. The van der Waals surface area contributed by atoms with Gasteiger partial charge in [-0.05, 0) is 45.7 Å². The molecular formula is C9H26O4Si3. The summed E-state index contributed by atoms with van der Waals surface area (Å²) in [5, 5.41) is 0. The second-order valence-corrected chi connectivity index (χ2v) is 15.7. The van der Waals surface area contributed by atoms with Gasteiger partial charge in [-0.1, -0.05) is 6.92 Å². The average Bonchev–Trinajstić information content (AvgIpc) is 1.93. The molecule has 0 amide bonds. The maximum atomic E-state index is 9.77. The first-order valence-corrected chi connectivity index (χ1v) is 14.2. The van der Waals surface area contributed by atoms with Crippen LogP contribution in [0.25, 0.3) is 0 Å². The molecule has 0 heterocycles. The highest BCUT2D eigenvalue weighted by molar-refractivity contribution is 6.84. The lowest BCUT2D eigenvalue weighted by Crippen LogP contribution is -2.53. The molecule has 0 saturated heterocycles. The Hall–Kier alpha value is 0.491. The minimum atomic E-state index is -2.52. The van der Waals surface area contributed by atoms with E-state index in [4.69, 9.17) is 12.7 Å². The van der Waals surface area contributed by atoms with Crippen LogP contribution in [0.4, 0.5) is 0 Å². The fraction of sp³-hybridized carbons (Fsp3) is 1.00. The van der Waals surface area contributed by atoms with Gasteiger partial charge < -0.3 is 17.5 Å². The molecule has 0 saturated carbocycles. The summed E-state index contributed by atoms with van der Waals surface area (Å²) in [6.07, 6.45) is 0.989. The summed E-state index contributed by atoms with van der Waals surface area (Å²) in [4.78, 5) is 9.77. The van der Waals surface area contributed by atoms with Gasteiger partial charge in [0.2, 0.25) is 0 Å². The Labute approximate surface area is 103 Å².